The molecule has 1 aliphatic heterocycles. The Hall–Kier alpha value is -1.88. The Morgan fingerprint density at radius 1 is 1.32 bits per heavy atom. The molecule has 0 saturated heterocycles. The van der Waals surface area contributed by atoms with Crippen LogP contribution in [0.3, 0.4) is 0 Å². The molecule has 0 radical (unpaired) electrons. The van der Waals surface area contributed by atoms with E-state index in [1.165, 1.54) is 4.90 Å². The Bertz CT molecular complexity index is 582. The summed E-state index contributed by atoms with van der Waals surface area (Å²) in [5, 5.41) is 9.46. The van der Waals surface area contributed by atoms with E-state index in [2.05, 4.69) is 0 Å². The minimum Gasteiger partial charge on any atom is -0.480 e. The van der Waals surface area contributed by atoms with Crippen molar-refractivity contribution in [3.05, 3.63) is 35.4 Å². The Morgan fingerprint density at radius 3 is 2.64 bits per heavy atom. The Balaban J connectivity index is 1.74. The van der Waals surface area contributed by atoms with Crippen LogP contribution in [0.2, 0.25) is 0 Å². The third kappa shape index (κ3) is 3.14. The lowest BCUT2D eigenvalue weighted by Gasteiger charge is -2.35. The van der Waals surface area contributed by atoms with Gasteiger partial charge in [0.15, 0.2) is 0 Å². The lowest BCUT2D eigenvalue weighted by atomic mass is 9.93. The molecule has 1 amide bonds. The number of nitrogens with zero attached hydrogens (tertiary/aromatic N) is 1. The van der Waals surface area contributed by atoms with Gasteiger partial charge >= 0.3 is 5.97 Å². The molecular formula is C17H21NO4. The van der Waals surface area contributed by atoms with E-state index in [0.29, 0.717) is 25.5 Å². The Labute approximate surface area is 129 Å². The van der Waals surface area contributed by atoms with Crippen LogP contribution in [0.1, 0.15) is 30.9 Å². The van der Waals surface area contributed by atoms with E-state index in [4.69, 9.17) is 4.74 Å². The van der Waals surface area contributed by atoms with Crippen LogP contribution in [0.25, 0.3) is 0 Å². The van der Waals surface area contributed by atoms with Gasteiger partial charge in [0.2, 0.25) is 0 Å². The fourth-order valence-corrected chi connectivity index (χ4v) is 2.84. The van der Waals surface area contributed by atoms with Crippen molar-refractivity contribution in [2.24, 2.45) is 5.92 Å². The van der Waals surface area contributed by atoms with Crippen LogP contribution in [0, 0.1) is 5.92 Å². The molecule has 1 N–H and O–H groups in total. The van der Waals surface area contributed by atoms with Gasteiger partial charge in [0, 0.05) is 13.0 Å². The number of amides is 1. The van der Waals surface area contributed by atoms with Gasteiger partial charge in [0.05, 0.1) is 6.61 Å². The minimum absolute atomic E-state index is 0.234. The third-order valence-corrected chi connectivity index (χ3v) is 4.44. The second-order valence-electron chi connectivity index (χ2n) is 6.21. The monoisotopic (exact) mass is 303 g/mol. The molecule has 22 heavy (non-hydrogen) atoms. The summed E-state index contributed by atoms with van der Waals surface area (Å²) in [5.41, 5.74) is 2.02. The van der Waals surface area contributed by atoms with Crippen LogP contribution < -0.4 is 0 Å². The second-order valence-corrected chi connectivity index (χ2v) is 6.21. The summed E-state index contributed by atoms with van der Waals surface area (Å²) in [4.78, 5) is 25.6. The number of rotatable bonds is 5. The third-order valence-electron chi connectivity index (χ3n) is 4.44. The van der Waals surface area contributed by atoms with Gasteiger partial charge in [-0.25, -0.2) is 4.79 Å². The highest BCUT2D eigenvalue weighted by Crippen LogP contribution is 2.30. The van der Waals surface area contributed by atoms with E-state index in [9.17, 15) is 14.7 Å². The molecule has 1 fully saturated rings. The van der Waals surface area contributed by atoms with Crippen molar-refractivity contribution in [3.63, 3.8) is 0 Å². The summed E-state index contributed by atoms with van der Waals surface area (Å²) in [5.74, 6) is -0.618. The van der Waals surface area contributed by atoms with Gasteiger partial charge in [0.1, 0.15) is 12.1 Å². The van der Waals surface area contributed by atoms with Crippen LogP contribution in [0.15, 0.2) is 24.3 Å². The van der Waals surface area contributed by atoms with Gasteiger partial charge in [-0.3, -0.25) is 4.79 Å². The number of carbonyl (C=O) groups is 2. The average molecular weight is 303 g/mol. The van der Waals surface area contributed by atoms with Gasteiger partial charge in [-0.15, -0.1) is 0 Å². The van der Waals surface area contributed by atoms with Crippen LogP contribution in [0.4, 0.5) is 0 Å². The maximum atomic E-state index is 12.6. The average Bonchev–Trinajstić information content (AvgIpc) is 3.34. The fourth-order valence-electron chi connectivity index (χ4n) is 2.84. The number of carboxylic acid groups (broad SMARTS) is 1. The molecule has 1 aromatic rings. The van der Waals surface area contributed by atoms with Crippen molar-refractivity contribution in [3.8, 4) is 0 Å². The lowest BCUT2D eigenvalue weighted by Crippen LogP contribution is -2.51. The smallest absolute Gasteiger partial charge is 0.326 e. The highest BCUT2D eigenvalue weighted by atomic mass is 16.5. The number of hydrogen-bond donors (Lipinski definition) is 1. The summed E-state index contributed by atoms with van der Waals surface area (Å²) in [6.07, 6.45) is 2.09. The zero-order valence-electron chi connectivity index (χ0n) is 12.7. The number of benzene rings is 1. The fraction of sp³-hybridized carbons (Fsp3) is 0.529. The normalized spacial score (nSPS) is 22.0. The summed E-state index contributed by atoms with van der Waals surface area (Å²) < 4.78 is 5.61. The standard InChI is InChI=1S/C17H21NO4/c1-11(22-10-12-6-7-12)16(19)18-9-14-5-3-2-4-13(14)8-15(18)17(20)21/h2-5,11-12,15H,6-10H2,1H3,(H,20,21)/t11-,15-/m0/s1. The molecule has 118 valence electrons. The Kier molecular flexibility index (Phi) is 4.16. The summed E-state index contributed by atoms with van der Waals surface area (Å²) in [7, 11) is 0. The van der Waals surface area contributed by atoms with E-state index in [0.717, 1.165) is 24.0 Å². The number of hydrogen-bond acceptors (Lipinski definition) is 3. The first kappa shape index (κ1) is 15.0. The molecule has 1 heterocycles. The minimum atomic E-state index is -0.961. The SMILES string of the molecule is C[C@H](OCC1CC1)C(=O)N1Cc2ccccc2C[C@H]1C(=O)O. The van der Waals surface area contributed by atoms with E-state index in [-0.39, 0.29) is 5.91 Å². The molecule has 1 aliphatic carbocycles. The number of fused-ring (bicyclic) bond motifs is 1. The zero-order valence-corrected chi connectivity index (χ0v) is 12.7. The van der Waals surface area contributed by atoms with Gasteiger partial charge in [0.25, 0.3) is 5.91 Å². The van der Waals surface area contributed by atoms with Crippen molar-refractivity contribution < 1.29 is 19.4 Å². The van der Waals surface area contributed by atoms with E-state index >= 15 is 0 Å². The van der Waals surface area contributed by atoms with Crippen LogP contribution in [-0.2, 0) is 27.3 Å². The van der Waals surface area contributed by atoms with E-state index in [1.807, 2.05) is 24.3 Å². The van der Waals surface area contributed by atoms with Crippen LogP contribution >= 0.6 is 0 Å². The molecule has 3 rings (SSSR count). The maximum absolute atomic E-state index is 12.6. The van der Waals surface area contributed by atoms with Crippen molar-refractivity contribution in [1.82, 2.24) is 4.90 Å². The topological polar surface area (TPSA) is 66.8 Å². The second kappa shape index (κ2) is 6.08. The quantitative estimate of drug-likeness (QED) is 0.901. The van der Waals surface area contributed by atoms with Crippen molar-refractivity contribution >= 4 is 11.9 Å². The highest BCUT2D eigenvalue weighted by molar-refractivity contribution is 5.87. The molecule has 0 bridgehead atoms. The first-order chi connectivity index (χ1) is 10.6. The van der Waals surface area contributed by atoms with Gasteiger partial charge in [-0.1, -0.05) is 24.3 Å². The molecule has 2 atom stereocenters. The van der Waals surface area contributed by atoms with Crippen molar-refractivity contribution in [2.75, 3.05) is 6.61 Å². The first-order valence-corrected chi connectivity index (χ1v) is 7.78. The lowest BCUT2D eigenvalue weighted by molar-refractivity contribution is -0.157. The molecule has 0 spiro atoms. The van der Waals surface area contributed by atoms with Crippen molar-refractivity contribution in [1.29, 1.82) is 0 Å². The molecule has 0 aromatic heterocycles. The summed E-state index contributed by atoms with van der Waals surface area (Å²) in [6.45, 7) is 2.64. The zero-order chi connectivity index (χ0) is 15.7. The molecule has 5 nitrogen and oxygen atoms in total. The van der Waals surface area contributed by atoms with Gasteiger partial charge < -0.3 is 14.7 Å². The molecule has 1 saturated carbocycles. The summed E-state index contributed by atoms with van der Waals surface area (Å²) >= 11 is 0. The maximum Gasteiger partial charge on any atom is 0.326 e. The number of aliphatic carboxylic acids is 1. The molecule has 5 heteroatoms. The molecule has 0 unspecified atom stereocenters. The van der Waals surface area contributed by atoms with E-state index < -0.39 is 18.1 Å². The molecule has 1 aromatic carbocycles. The number of ether oxygens (including phenoxy) is 1. The van der Waals surface area contributed by atoms with E-state index in [1.54, 1.807) is 6.92 Å². The largest absolute Gasteiger partial charge is 0.480 e. The summed E-state index contributed by atoms with van der Waals surface area (Å²) in [6, 6.07) is 6.88. The van der Waals surface area contributed by atoms with Crippen LogP contribution in [0.5, 0.6) is 0 Å². The number of carbonyl (C=O) groups excluding carboxylic acids is 1. The van der Waals surface area contributed by atoms with Gasteiger partial charge in [-0.2, -0.15) is 0 Å². The molecular weight excluding hydrogens is 282 g/mol. The van der Waals surface area contributed by atoms with Gasteiger partial charge in [-0.05, 0) is 36.8 Å². The first-order valence-electron chi connectivity index (χ1n) is 7.78. The predicted molar refractivity (Wildman–Crippen MR) is 80.3 cm³/mol. The van der Waals surface area contributed by atoms with Crippen LogP contribution in [-0.4, -0.2) is 40.6 Å². The van der Waals surface area contributed by atoms with Crippen molar-refractivity contribution in [2.45, 2.75) is 44.9 Å². The highest BCUT2D eigenvalue weighted by Gasteiger charge is 2.36. The Morgan fingerprint density at radius 2 is 2.00 bits per heavy atom. The predicted octanol–water partition coefficient (Wildman–Crippen LogP) is 1.84. The number of carboxylic acids is 1. The molecule has 2 aliphatic rings.